The average Bonchev–Trinajstić information content (AvgIpc) is 2.46. The van der Waals surface area contributed by atoms with E-state index in [1.165, 1.54) is 36.9 Å². The Balaban J connectivity index is 2.23. The Morgan fingerprint density at radius 3 is 2.50 bits per heavy atom. The van der Waals surface area contributed by atoms with E-state index in [4.69, 9.17) is 0 Å². The second-order valence-corrected chi connectivity index (χ2v) is 5.09. The molecule has 0 bridgehead atoms. The van der Waals surface area contributed by atoms with Crippen LogP contribution in [0.4, 0.5) is 5.69 Å². The molecule has 0 fully saturated rings. The zero-order valence-corrected chi connectivity index (χ0v) is 13.0. The number of hydrazone groups is 1. The summed E-state index contributed by atoms with van der Waals surface area (Å²) in [5.74, 6) is 0. The maximum atomic E-state index is 4.16. The summed E-state index contributed by atoms with van der Waals surface area (Å²) in [5.41, 5.74) is 5.46. The first kappa shape index (κ1) is 16.3. The van der Waals surface area contributed by atoms with Crippen LogP contribution in [0.5, 0.6) is 0 Å². The molecule has 20 heavy (non-hydrogen) atoms. The van der Waals surface area contributed by atoms with Gasteiger partial charge in [0.1, 0.15) is 0 Å². The van der Waals surface area contributed by atoms with E-state index in [0.29, 0.717) is 0 Å². The third-order valence-corrected chi connectivity index (χ3v) is 3.09. The van der Waals surface area contributed by atoms with E-state index in [-0.39, 0.29) is 0 Å². The monoisotopic (exact) mass is 273 g/mol. The van der Waals surface area contributed by atoms with Crippen molar-refractivity contribution in [3.63, 3.8) is 0 Å². The molecule has 0 aliphatic heterocycles. The predicted octanol–water partition coefficient (Wildman–Crippen LogP) is 3.92. The number of rotatable bonds is 9. The lowest BCUT2D eigenvalue weighted by molar-refractivity contribution is 0.616. The highest BCUT2D eigenvalue weighted by molar-refractivity contribution is 5.78. The highest BCUT2D eigenvalue weighted by Gasteiger charge is 1.92. The maximum absolute atomic E-state index is 4.16. The van der Waals surface area contributed by atoms with Gasteiger partial charge in [0.15, 0.2) is 0 Å². The van der Waals surface area contributed by atoms with Gasteiger partial charge >= 0.3 is 0 Å². The van der Waals surface area contributed by atoms with Gasteiger partial charge in [0.2, 0.25) is 0 Å². The molecule has 0 heterocycles. The van der Waals surface area contributed by atoms with Crippen molar-refractivity contribution < 1.29 is 0 Å². The van der Waals surface area contributed by atoms with E-state index in [1.54, 1.807) is 6.21 Å². The van der Waals surface area contributed by atoms with E-state index in [1.807, 2.05) is 20.2 Å². The summed E-state index contributed by atoms with van der Waals surface area (Å²) in [5, 5.41) is 4.16. The van der Waals surface area contributed by atoms with Gasteiger partial charge in [0.25, 0.3) is 0 Å². The van der Waals surface area contributed by atoms with Crippen molar-refractivity contribution >= 4 is 18.0 Å². The van der Waals surface area contributed by atoms with Crippen LogP contribution in [-0.2, 0) is 0 Å². The highest BCUT2D eigenvalue weighted by atomic mass is 15.3. The van der Waals surface area contributed by atoms with E-state index in [0.717, 1.165) is 6.54 Å². The Bertz CT molecular complexity index is 405. The van der Waals surface area contributed by atoms with Crippen LogP contribution in [0.25, 0.3) is 6.08 Å². The minimum absolute atomic E-state index is 0.960. The normalized spacial score (nSPS) is 11.3. The van der Waals surface area contributed by atoms with Crippen LogP contribution in [0, 0.1) is 0 Å². The second-order valence-electron chi connectivity index (χ2n) is 5.09. The lowest BCUT2D eigenvalue weighted by Crippen LogP contribution is -2.07. The van der Waals surface area contributed by atoms with E-state index < -0.39 is 0 Å². The van der Waals surface area contributed by atoms with Gasteiger partial charge in [-0.3, -0.25) is 0 Å². The number of nitrogens with zero attached hydrogens (tertiary/aromatic N) is 2. The van der Waals surface area contributed by atoms with Gasteiger partial charge in [0, 0.05) is 32.5 Å². The summed E-state index contributed by atoms with van der Waals surface area (Å²) >= 11 is 0. The minimum Gasteiger partial charge on any atom is -0.378 e. The number of benzene rings is 1. The Kier molecular flexibility index (Phi) is 8.20. The average molecular weight is 273 g/mol. The molecule has 1 N–H and O–H groups in total. The molecule has 0 atom stereocenters. The Hall–Kier alpha value is -1.77. The molecule has 0 saturated carbocycles. The Morgan fingerprint density at radius 1 is 1.10 bits per heavy atom. The van der Waals surface area contributed by atoms with E-state index in [9.17, 15) is 0 Å². The zero-order chi connectivity index (χ0) is 14.6. The smallest absolute Gasteiger partial charge is 0.0468 e. The number of unbranched alkanes of at least 4 members (excludes halogenated alkanes) is 3. The van der Waals surface area contributed by atoms with Crippen molar-refractivity contribution in [1.29, 1.82) is 0 Å². The molecule has 1 aromatic carbocycles. The van der Waals surface area contributed by atoms with Crippen molar-refractivity contribution in [2.75, 3.05) is 25.5 Å². The lowest BCUT2D eigenvalue weighted by Gasteiger charge is -2.11. The molecule has 0 radical (unpaired) electrons. The highest BCUT2D eigenvalue weighted by Crippen LogP contribution is 2.12. The van der Waals surface area contributed by atoms with Crippen LogP contribution >= 0.6 is 0 Å². The maximum Gasteiger partial charge on any atom is 0.0468 e. The van der Waals surface area contributed by atoms with Gasteiger partial charge in [-0.15, -0.1) is 0 Å². The van der Waals surface area contributed by atoms with E-state index >= 15 is 0 Å². The van der Waals surface area contributed by atoms with Gasteiger partial charge in [-0.1, -0.05) is 44.4 Å². The van der Waals surface area contributed by atoms with Gasteiger partial charge in [-0.2, -0.15) is 5.10 Å². The molecule has 110 valence electrons. The summed E-state index contributed by atoms with van der Waals surface area (Å²) in [6.07, 6.45) is 10.9. The molecule has 0 amide bonds. The zero-order valence-electron chi connectivity index (χ0n) is 13.0. The van der Waals surface area contributed by atoms with Crippen molar-refractivity contribution in [3.8, 4) is 0 Å². The molecule has 1 aromatic rings. The van der Waals surface area contributed by atoms with Crippen molar-refractivity contribution in [3.05, 3.63) is 35.9 Å². The molecular formula is C17H27N3. The van der Waals surface area contributed by atoms with E-state index in [2.05, 4.69) is 52.7 Å². The summed E-state index contributed by atoms with van der Waals surface area (Å²) in [4.78, 5) is 2.09. The third-order valence-electron chi connectivity index (χ3n) is 3.09. The summed E-state index contributed by atoms with van der Waals surface area (Å²) in [6.45, 7) is 3.18. The quantitative estimate of drug-likeness (QED) is 0.419. The van der Waals surface area contributed by atoms with Crippen molar-refractivity contribution in [1.82, 2.24) is 5.43 Å². The molecule has 0 saturated heterocycles. The standard InChI is InChI=1S/C17H27N3/c1-4-5-6-7-14-18-19-15-8-9-16-10-12-17(13-11-16)20(2)3/h8-13,15,18H,4-7,14H2,1-3H3. The molecular weight excluding hydrogens is 246 g/mol. The molecule has 0 aliphatic carbocycles. The third kappa shape index (κ3) is 6.98. The van der Waals surface area contributed by atoms with Crippen LogP contribution in [0.15, 0.2) is 35.4 Å². The molecule has 0 aromatic heterocycles. The molecule has 0 unspecified atom stereocenters. The Labute approximate surface area is 123 Å². The molecule has 0 aliphatic rings. The van der Waals surface area contributed by atoms with Crippen LogP contribution in [0.3, 0.4) is 0 Å². The first-order valence-electron chi connectivity index (χ1n) is 7.44. The Morgan fingerprint density at radius 2 is 1.85 bits per heavy atom. The van der Waals surface area contributed by atoms with Crippen molar-refractivity contribution in [2.45, 2.75) is 32.6 Å². The summed E-state index contributed by atoms with van der Waals surface area (Å²) in [6, 6.07) is 8.45. The van der Waals surface area contributed by atoms with Crippen molar-refractivity contribution in [2.24, 2.45) is 5.10 Å². The first-order valence-corrected chi connectivity index (χ1v) is 7.44. The lowest BCUT2D eigenvalue weighted by atomic mass is 10.2. The van der Waals surface area contributed by atoms with Crippen LogP contribution < -0.4 is 10.3 Å². The molecule has 0 spiro atoms. The minimum atomic E-state index is 0.960. The number of allylic oxidation sites excluding steroid dienone is 1. The summed E-state index contributed by atoms with van der Waals surface area (Å²) < 4.78 is 0. The molecule has 3 heteroatoms. The molecule has 1 rings (SSSR count). The SMILES string of the molecule is CCCCCCNN=CC=Cc1ccc(N(C)C)cc1. The second kappa shape index (κ2) is 10.1. The fraction of sp³-hybridized carbons (Fsp3) is 0.471. The first-order chi connectivity index (χ1) is 9.74. The van der Waals surface area contributed by atoms with Gasteiger partial charge in [-0.25, -0.2) is 0 Å². The number of nitrogens with one attached hydrogen (secondary N) is 1. The van der Waals surface area contributed by atoms with Crippen LogP contribution in [0.1, 0.15) is 38.2 Å². The fourth-order valence-electron chi connectivity index (χ4n) is 1.83. The predicted molar refractivity (Wildman–Crippen MR) is 90.4 cm³/mol. The number of hydrogen-bond acceptors (Lipinski definition) is 3. The number of anilines is 1. The molecule has 3 nitrogen and oxygen atoms in total. The van der Waals surface area contributed by atoms with Gasteiger partial charge in [-0.05, 0) is 30.2 Å². The fourth-order valence-corrected chi connectivity index (χ4v) is 1.83. The van der Waals surface area contributed by atoms with Crippen LogP contribution in [-0.4, -0.2) is 26.9 Å². The summed E-state index contributed by atoms with van der Waals surface area (Å²) in [7, 11) is 4.09. The largest absolute Gasteiger partial charge is 0.378 e. The van der Waals surface area contributed by atoms with Gasteiger partial charge < -0.3 is 10.3 Å². The topological polar surface area (TPSA) is 27.6 Å². The van der Waals surface area contributed by atoms with Gasteiger partial charge in [0.05, 0.1) is 0 Å². The van der Waals surface area contributed by atoms with Crippen LogP contribution in [0.2, 0.25) is 0 Å². The number of hydrogen-bond donors (Lipinski definition) is 1.